The zero-order valence-electron chi connectivity index (χ0n) is 12.3. The van der Waals surface area contributed by atoms with Gasteiger partial charge >= 0.3 is 5.97 Å². The van der Waals surface area contributed by atoms with Crippen molar-refractivity contribution in [2.24, 2.45) is 4.99 Å². The van der Waals surface area contributed by atoms with Crippen molar-refractivity contribution in [1.29, 1.82) is 0 Å². The molecule has 108 valence electrons. The monoisotopic (exact) mass is 275 g/mol. The number of esters is 1. The van der Waals surface area contributed by atoms with E-state index in [0.717, 1.165) is 16.8 Å². The predicted molar refractivity (Wildman–Crippen MR) is 79.8 cm³/mol. The van der Waals surface area contributed by atoms with E-state index in [1.165, 1.54) is 6.08 Å². The summed E-state index contributed by atoms with van der Waals surface area (Å²) in [5.41, 5.74) is 2.73. The molecule has 1 rings (SSSR count). The molecule has 0 fully saturated rings. The molecule has 4 heteroatoms. The summed E-state index contributed by atoms with van der Waals surface area (Å²) in [5.74, 6) is -0.342. The van der Waals surface area contributed by atoms with E-state index in [2.05, 4.69) is 4.99 Å². The first-order valence-corrected chi connectivity index (χ1v) is 6.48. The van der Waals surface area contributed by atoms with Crippen LogP contribution in [0.3, 0.4) is 0 Å². The van der Waals surface area contributed by atoms with Crippen molar-refractivity contribution in [3.8, 4) is 0 Å². The van der Waals surface area contributed by atoms with E-state index in [1.54, 1.807) is 7.11 Å². The zero-order valence-corrected chi connectivity index (χ0v) is 12.3. The Morgan fingerprint density at radius 2 is 1.95 bits per heavy atom. The molecule has 0 unspecified atom stereocenters. The zero-order chi connectivity index (χ0) is 14.8. The standard InChI is InChI=1S/C16H21NO3/c1-13(10-17-14(2)11-19-3)9-16(18)20-12-15-7-5-4-6-8-15/h4-9H,10-12H2,1-3H3/b13-9-,17-14?. The van der Waals surface area contributed by atoms with Gasteiger partial charge in [0.2, 0.25) is 0 Å². The number of hydrogen-bond acceptors (Lipinski definition) is 4. The van der Waals surface area contributed by atoms with Gasteiger partial charge in [0.1, 0.15) is 6.61 Å². The number of carbonyl (C=O) groups is 1. The molecule has 0 saturated heterocycles. The van der Waals surface area contributed by atoms with Gasteiger partial charge in [-0.2, -0.15) is 0 Å². The van der Waals surface area contributed by atoms with Gasteiger partial charge in [-0.15, -0.1) is 0 Å². The minimum Gasteiger partial charge on any atom is -0.458 e. The molecular formula is C16H21NO3. The smallest absolute Gasteiger partial charge is 0.331 e. The summed E-state index contributed by atoms with van der Waals surface area (Å²) >= 11 is 0. The van der Waals surface area contributed by atoms with Gasteiger partial charge in [-0.25, -0.2) is 4.79 Å². The maximum Gasteiger partial charge on any atom is 0.331 e. The number of benzene rings is 1. The lowest BCUT2D eigenvalue weighted by Gasteiger charge is -2.03. The fourth-order valence-electron chi connectivity index (χ4n) is 1.53. The Morgan fingerprint density at radius 3 is 2.60 bits per heavy atom. The Kier molecular flexibility index (Phi) is 7.29. The number of ether oxygens (including phenoxy) is 2. The Labute approximate surface area is 120 Å². The van der Waals surface area contributed by atoms with Gasteiger partial charge in [0, 0.05) is 18.9 Å². The van der Waals surface area contributed by atoms with Crippen molar-refractivity contribution in [3.05, 3.63) is 47.5 Å². The highest BCUT2D eigenvalue weighted by Crippen LogP contribution is 2.02. The van der Waals surface area contributed by atoms with Crippen molar-refractivity contribution >= 4 is 11.7 Å². The molecule has 0 radical (unpaired) electrons. The minimum absolute atomic E-state index is 0.287. The van der Waals surface area contributed by atoms with Crippen LogP contribution in [0.2, 0.25) is 0 Å². The van der Waals surface area contributed by atoms with E-state index in [0.29, 0.717) is 13.2 Å². The Bertz CT molecular complexity index is 478. The fraction of sp³-hybridized carbons (Fsp3) is 0.375. The number of aliphatic imine (C=N–C) groups is 1. The van der Waals surface area contributed by atoms with Gasteiger partial charge in [-0.3, -0.25) is 4.99 Å². The number of nitrogens with zero attached hydrogens (tertiary/aromatic N) is 1. The van der Waals surface area contributed by atoms with Crippen LogP contribution in [0.5, 0.6) is 0 Å². The molecule has 1 aromatic rings. The molecule has 0 saturated carbocycles. The first-order valence-electron chi connectivity index (χ1n) is 6.48. The third-order valence-corrected chi connectivity index (χ3v) is 2.54. The molecule has 1 aromatic carbocycles. The van der Waals surface area contributed by atoms with Crippen LogP contribution in [-0.2, 0) is 20.9 Å². The normalized spacial score (nSPS) is 12.3. The van der Waals surface area contributed by atoms with E-state index < -0.39 is 0 Å². The van der Waals surface area contributed by atoms with Crippen LogP contribution in [0.1, 0.15) is 19.4 Å². The lowest BCUT2D eigenvalue weighted by molar-refractivity contribution is -0.139. The Morgan fingerprint density at radius 1 is 1.25 bits per heavy atom. The van der Waals surface area contributed by atoms with Gasteiger partial charge in [0.15, 0.2) is 0 Å². The van der Waals surface area contributed by atoms with Crippen molar-refractivity contribution in [1.82, 2.24) is 0 Å². The largest absolute Gasteiger partial charge is 0.458 e. The second-order valence-corrected chi connectivity index (χ2v) is 4.57. The molecule has 0 aliphatic heterocycles. The molecule has 0 heterocycles. The van der Waals surface area contributed by atoms with Crippen LogP contribution in [-0.4, -0.2) is 31.9 Å². The van der Waals surface area contributed by atoms with Crippen LogP contribution in [0.25, 0.3) is 0 Å². The van der Waals surface area contributed by atoms with E-state index in [9.17, 15) is 4.79 Å². The first-order chi connectivity index (χ1) is 9.61. The molecule has 0 N–H and O–H groups in total. The van der Waals surface area contributed by atoms with Crippen LogP contribution in [0.4, 0.5) is 0 Å². The van der Waals surface area contributed by atoms with E-state index in [1.807, 2.05) is 44.2 Å². The maximum atomic E-state index is 11.6. The highest BCUT2D eigenvalue weighted by atomic mass is 16.5. The first kappa shape index (κ1) is 16.1. The minimum atomic E-state index is -0.342. The average Bonchev–Trinajstić information content (AvgIpc) is 2.44. The van der Waals surface area contributed by atoms with Crippen molar-refractivity contribution in [3.63, 3.8) is 0 Å². The van der Waals surface area contributed by atoms with Crippen molar-refractivity contribution < 1.29 is 14.3 Å². The second-order valence-electron chi connectivity index (χ2n) is 4.57. The fourth-order valence-corrected chi connectivity index (χ4v) is 1.53. The molecule has 0 aliphatic carbocycles. The Balaban J connectivity index is 2.40. The molecule has 0 bridgehead atoms. The highest BCUT2D eigenvalue weighted by molar-refractivity contribution is 5.84. The van der Waals surface area contributed by atoms with Crippen LogP contribution in [0.15, 0.2) is 47.0 Å². The van der Waals surface area contributed by atoms with Crippen LogP contribution >= 0.6 is 0 Å². The molecule has 0 aromatic heterocycles. The summed E-state index contributed by atoms with van der Waals surface area (Å²) < 4.78 is 10.1. The second kappa shape index (κ2) is 9.04. The SMILES string of the molecule is COCC(C)=NC/C(C)=C\C(=O)OCc1ccccc1. The van der Waals surface area contributed by atoms with E-state index in [4.69, 9.17) is 9.47 Å². The average molecular weight is 275 g/mol. The van der Waals surface area contributed by atoms with Crippen molar-refractivity contribution in [2.45, 2.75) is 20.5 Å². The molecule has 4 nitrogen and oxygen atoms in total. The molecular weight excluding hydrogens is 254 g/mol. The maximum absolute atomic E-state index is 11.6. The lowest BCUT2D eigenvalue weighted by Crippen LogP contribution is -2.05. The molecule has 20 heavy (non-hydrogen) atoms. The summed E-state index contributed by atoms with van der Waals surface area (Å²) in [7, 11) is 1.63. The summed E-state index contributed by atoms with van der Waals surface area (Å²) in [4.78, 5) is 15.9. The van der Waals surface area contributed by atoms with Gasteiger partial charge in [0.25, 0.3) is 0 Å². The Hall–Kier alpha value is -1.94. The van der Waals surface area contributed by atoms with E-state index >= 15 is 0 Å². The topological polar surface area (TPSA) is 47.9 Å². The van der Waals surface area contributed by atoms with Gasteiger partial charge < -0.3 is 9.47 Å². The summed E-state index contributed by atoms with van der Waals surface area (Å²) in [6.45, 7) is 5.02. The third kappa shape index (κ3) is 6.85. The van der Waals surface area contributed by atoms with Gasteiger partial charge in [-0.05, 0) is 25.0 Å². The molecule has 0 amide bonds. The number of methoxy groups -OCH3 is 1. The molecule has 0 atom stereocenters. The summed E-state index contributed by atoms with van der Waals surface area (Å²) in [5, 5.41) is 0. The quantitative estimate of drug-likeness (QED) is 0.437. The summed E-state index contributed by atoms with van der Waals surface area (Å²) in [6.07, 6.45) is 1.48. The molecule has 0 spiro atoms. The molecule has 0 aliphatic rings. The van der Waals surface area contributed by atoms with Crippen LogP contribution < -0.4 is 0 Å². The van der Waals surface area contributed by atoms with Gasteiger partial charge in [-0.1, -0.05) is 30.3 Å². The number of hydrogen-bond donors (Lipinski definition) is 0. The summed E-state index contributed by atoms with van der Waals surface area (Å²) in [6, 6.07) is 9.59. The lowest BCUT2D eigenvalue weighted by atomic mass is 10.2. The third-order valence-electron chi connectivity index (χ3n) is 2.54. The van der Waals surface area contributed by atoms with Crippen molar-refractivity contribution in [2.75, 3.05) is 20.3 Å². The predicted octanol–water partition coefficient (Wildman–Crippen LogP) is 2.78. The van der Waals surface area contributed by atoms with Crippen LogP contribution in [0, 0.1) is 0 Å². The number of carbonyl (C=O) groups excluding carboxylic acids is 1. The van der Waals surface area contributed by atoms with E-state index in [-0.39, 0.29) is 12.6 Å². The highest BCUT2D eigenvalue weighted by Gasteiger charge is 2.00. The van der Waals surface area contributed by atoms with Gasteiger partial charge in [0.05, 0.1) is 13.2 Å². The number of rotatable bonds is 7.